The monoisotopic (exact) mass is 433 g/mol. The van der Waals surface area contributed by atoms with Crippen molar-refractivity contribution in [2.24, 2.45) is 23.2 Å². The van der Waals surface area contributed by atoms with Crippen molar-refractivity contribution in [1.29, 1.82) is 0 Å². The lowest BCUT2D eigenvalue weighted by Crippen LogP contribution is -2.47. The fourth-order valence-corrected chi connectivity index (χ4v) is 6.61. The van der Waals surface area contributed by atoms with Crippen LogP contribution in [0.1, 0.15) is 70.6 Å². The molecule has 0 atom stereocenters. The molecule has 4 aliphatic rings. The first-order chi connectivity index (χ1) is 15.0. The average Bonchev–Trinajstić information content (AvgIpc) is 2.80. The number of carbonyl (C=O) groups is 3. The molecule has 4 rings (SSSR count). The summed E-state index contributed by atoms with van der Waals surface area (Å²) >= 11 is 0. The molecular formula is C24H39N3O4. The molecular weight excluding hydrogens is 394 g/mol. The molecule has 174 valence electrons. The SMILES string of the molecule is O=C(O)CC(=O)N1CCC2(CCC(C(=O)N3CCC(C4CCNCC4)CC3)CC2)CC1. The minimum absolute atomic E-state index is 0.174. The summed E-state index contributed by atoms with van der Waals surface area (Å²) in [6.07, 6.45) is 10.5. The summed E-state index contributed by atoms with van der Waals surface area (Å²) in [5, 5.41) is 12.3. The third-order valence-electron chi connectivity index (χ3n) is 8.78. The second-order valence-electron chi connectivity index (χ2n) is 10.5. The van der Waals surface area contributed by atoms with Crippen LogP contribution in [0.3, 0.4) is 0 Å². The van der Waals surface area contributed by atoms with Crippen LogP contribution < -0.4 is 5.32 Å². The average molecular weight is 434 g/mol. The van der Waals surface area contributed by atoms with Gasteiger partial charge in [0.2, 0.25) is 11.8 Å². The Morgan fingerprint density at radius 2 is 1.35 bits per heavy atom. The van der Waals surface area contributed by atoms with Gasteiger partial charge in [0.05, 0.1) is 0 Å². The summed E-state index contributed by atoms with van der Waals surface area (Å²) in [5.74, 6) is 0.889. The summed E-state index contributed by atoms with van der Waals surface area (Å²) in [4.78, 5) is 39.8. The van der Waals surface area contributed by atoms with E-state index in [2.05, 4.69) is 10.2 Å². The van der Waals surface area contributed by atoms with Crippen LogP contribution in [0.2, 0.25) is 0 Å². The maximum absolute atomic E-state index is 13.2. The Morgan fingerprint density at radius 3 is 1.94 bits per heavy atom. The van der Waals surface area contributed by atoms with Gasteiger partial charge in [-0.25, -0.2) is 0 Å². The largest absolute Gasteiger partial charge is 0.481 e. The van der Waals surface area contributed by atoms with Gasteiger partial charge in [-0.05, 0) is 94.5 Å². The van der Waals surface area contributed by atoms with Gasteiger partial charge in [0, 0.05) is 32.1 Å². The van der Waals surface area contributed by atoms with Gasteiger partial charge in [0.25, 0.3) is 0 Å². The first-order valence-corrected chi connectivity index (χ1v) is 12.4. The van der Waals surface area contributed by atoms with E-state index in [0.29, 0.717) is 19.0 Å². The van der Waals surface area contributed by atoms with Crippen LogP contribution in [0, 0.1) is 23.2 Å². The maximum Gasteiger partial charge on any atom is 0.312 e. The molecule has 4 fully saturated rings. The zero-order chi connectivity index (χ0) is 21.8. The van der Waals surface area contributed by atoms with Crippen LogP contribution in [-0.4, -0.2) is 72.0 Å². The Balaban J connectivity index is 1.20. The second kappa shape index (κ2) is 9.88. The van der Waals surface area contributed by atoms with Gasteiger partial charge in [0.1, 0.15) is 6.42 Å². The van der Waals surface area contributed by atoms with Crippen LogP contribution in [0.4, 0.5) is 0 Å². The van der Waals surface area contributed by atoms with Crippen LogP contribution in [0.15, 0.2) is 0 Å². The van der Waals surface area contributed by atoms with Crippen LogP contribution in [0.5, 0.6) is 0 Å². The van der Waals surface area contributed by atoms with Crippen molar-refractivity contribution < 1.29 is 19.5 Å². The Bertz CT molecular complexity index is 650. The van der Waals surface area contributed by atoms with Gasteiger partial charge in [-0.2, -0.15) is 0 Å². The third-order valence-corrected chi connectivity index (χ3v) is 8.78. The van der Waals surface area contributed by atoms with E-state index in [9.17, 15) is 14.4 Å². The van der Waals surface area contributed by atoms with Crippen molar-refractivity contribution in [3.05, 3.63) is 0 Å². The number of rotatable bonds is 4. The number of nitrogens with one attached hydrogen (secondary N) is 1. The summed E-state index contributed by atoms with van der Waals surface area (Å²) in [6.45, 7) is 5.51. The fourth-order valence-electron chi connectivity index (χ4n) is 6.61. The minimum Gasteiger partial charge on any atom is -0.481 e. The van der Waals surface area contributed by atoms with Crippen LogP contribution >= 0.6 is 0 Å². The number of hydrogen-bond acceptors (Lipinski definition) is 4. The molecule has 3 heterocycles. The lowest BCUT2D eigenvalue weighted by Gasteiger charge is -2.46. The predicted octanol–water partition coefficient (Wildman–Crippen LogP) is 2.50. The van der Waals surface area contributed by atoms with Gasteiger partial charge in [-0.3, -0.25) is 14.4 Å². The zero-order valence-corrected chi connectivity index (χ0v) is 18.8. The number of hydrogen-bond donors (Lipinski definition) is 2. The highest BCUT2D eigenvalue weighted by molar-refractivity contribution is 5.93. The van der Waals surface area contributed by atoms with Gasteiger partial charge < -0.3 is 20.2 Å². The zero-order valence-electron chi connectivity index (χ0n) is 18.8. The standard InChI is InChI=1S/C24H39N3O4/c28-21(17-22(29)30)26-15-9-24(10-16-26)7-1-20(2-8-24)23(31)27-13-5-19(6-14-27)18-3-11-25-12-4-18/h18-20,25H,1-17H2,(H,29,30). The molecule has 2 amide bonds. The summed E-state index contributed by atoms with van der Waals surface area (Å²) < 4.78 is 0. The molecule has 0 aromatic rings. The number of likely N-dealkylation sites (tertiary alicyclic amines) is 2. The Kier molecular flexibility index (Phi) is 7.19. The molecule has 1 spiro atoms. The molecule has 0 aromatic heterocycles. The Morgan fingerprint density at radius 1 is 0.774 bits per heavy atom. The van der Waals surface area contributed by atoms with Crippen molar-refractivity contribution in [1.82, 2.24) is 15.1 Å². The van der Waals surface area contributed by atoms with Crippen LogP contribution in [-0.2, 0) is 14.4 Å². The van der Waals surface area contributed by atoms with Gasteiger partial charge >= 0.3 is 5.97 Å². The highest BCUT2D eigenvalue weighted by Gasteiger charge is 2.41. The van der Waals surface area contributed by atoms with E-state index in [1.165, 1.54) is 25.7 Å². The highest BCUT2D eigenvalue weighted by Crippen LogP contribution is 2.47. The molecule has 1 aliphatic carbocycles. The first-order valence-electron chi connectivity index (χ1n) is 12.4. The smallest absolute Gasteiger partial charge is 0.312 e. The fraction of sp³-hybridized carbons (Fsp3) is 0.875. The van der Waals surface area contributed by atoms with Gasteiger partial charge in [-0.15, -0.1) is 0 Å². The number of carbonyl (C=O) groups excluding carboxylic acids is 2. The molecule has 1 saturated carbocycles. The van der Waals surface area contributed by atoms with E-state index >= 15 is 0 Å². The minimum atomic E-state index is -1.05. The number of carboxylic acid groups (broad SMARTS) is 1. The molecule has 0 aromatic carbocycles. The number of piperidine rings is 3. The van der Waals surface area contributed by atoms with Gasteiger partial charge in [0.15, 0.2) is 0 Å². The summed E-state index contributed by atoms with van der Waals surface area (Å²) in [5.41, 5.74) is 0.249. The van der Waals surface area contributed by atoms with Crippen molar-refractivity contribution >= 4 is 17.8 Å². The highest BCUT2D eigenvalue weighted by atomic mass is 16.4. The summed E-state index contributed by atoms with van der Waals surface area (Å²) in [6, 6.07) is 0. The topological polar surface area (TPSA) is 90.0 Å². The molecule has 7 heteroatoms. The Labute approximate surface area is 185 Å². The number of nitrogens with zero attached hydrogens (tertiary/aromatic N) is 2. The van der Waals surface area contributed by atoms with Gasteiger partial charge in [-0.1, -0.05) is 0 Å². The first kappa shape index (κ1) is 22.6. The normalized spacial score (nSPS) is 26.2. The van der Waals surface area contributed by atoms with E-state index in [0.717, 1.165) is 76.5 Å². The number of aliphatic carboxylic acids is 1. The molecule has 3 aliphatic heterocycles. The van der Waals surface area contributed by atoms with Crippen LogP contribution in [0.25, 0.3) is 0 Å². The maximum atomic E-state index is 13.2. The molecule has 2 N–H and O–H groups in total. The molecule has 31 heavy (non-hydrogen) atoms. The molecule has 3 saturated heterocycles. The lowest BCUT2D eigenvalue weighted by molar-refractivity contribution is -0.145. The van der Waals surface area contributed by atoms with Crippen molar-refractivity contribution in [3.8, 4) is 0 Å². The molecule has 7 nitrogen and oxygen atoms in total. The molecule has 0 bridgehead atoms. The molecule has 0 unspecified atom stereocenters. The third kappa shape index (κ3) is 5.41. The predicted molar refractivity (Wildman–Crippen MR) is 117 cm³/mol. The number of carboxylic acids is 1. The van der Waals surface area contributed by atoms with E-state index in [-0.39, 0.29) is 17.2 Å². The van der Waals surface area contributed by atoms with E-state index in [1.54, 1.807) is 4.90 Å². The quantitative estimate of drug-likeness (QED) is 0.665. The van der Waals surface area contributed by atoms with E-state index in [1.807, 2.05) is 0 Å². The summed E-state index contributed by atoms with van der Waals surface area (Å²) in [7, 11) is 0. The van der Waals surface area contributed by atoms with E-state index < -0.39 is 12.4 Å². The van der Waals surface area contributed by atoms with E-state index in [4.69, 9.17) is 5.11 Å². The molecule has 0 radical (unpaired) electrons. The van der Waals surface area contributed by atoms with Crippen molar-refractivity contribution in [2.75, 3.05) is 39.3 Å². The Hall–Kier alpha value is -1.63. The van der Waals surface area contributed by atoms with Crippen molar-refractivity contribution in [3.63, 3.8) is 0 Å². The number of amides is 2. The van der Waals surface area contributed by atoms with Crippen molar-refractivity contribution in [2.45, 2.75) is 70.6 Å². The lowest BCUT2D eigenvalue weighted by atomic mass is 9.65. The second-order valence-corrected chi connectivity index (χ2v) is 10.5.